The summed E-state index contributed by atoms with van der Waals surface area (Å²) in [6, 6.07) is 17.6. The summed E-state index contributed by atoms with van der Waals surface area (Å²) in [5.74, 6) is 0.543. The third kappa shape index (κ3) is 3.83. The second kappa shape index (κ2) is 7.21. The number of hydrogen-bond donors (Lipinski definition) is 1. The number of aryl methyl sites for hydroxylation is 2. The minimum atomic E-state index is 0.543. The van der Waals surface area contributed by atoms with Crippen LogP contribution in [0.25, 0.3) is 17.1 Å². The Kier molecular flexibility index (Phi) is 4.60. The fourth-order valence-electron chi connectivity index (χ4n) is 3.02. The van der Waals surface area contributed by atoms with Gasteiger partial charge in [-0.15, -0.1) is 0 Å². The lowest BCUT2D eigenvalue weighted by Gasteiger charge is -2.10. The lowest BCUT2D eigenvalue weighted by atomic mass is 10.1. The van der Waals surface area contributed by atoms with Crippen LogP contribution in [0.4, 0.5) is 11.6 Å². The first kappa shape index (κ1) is 17.2. The fourth-order valence-corrected chi connectivity index (χ4v) is 3.15. The monoisotopic (exact) mass is 375 g/mol. The Morgan fingerprint density at radius 3 is 2.37 bits per heavy atom. The van der Waals surface area contributed by atoms with E-state index in [-0.39, 0.29) is 0 Å². The Hall–Kier alpha value is -3.18. The molecule has 0 spiro atoms. The Morgan fingerprint density at radius 1 is 0.889 bits per heavy atom. The van der Waals surface area contributed by atoms with Gasteiger partial charge in [0, 0.05) is 16.9 Å². The molecule has 1 N–H and O–H groups in total. The van der Waals surface area contributed by atoms with Crippen LogP contribution in [0.15, 0.2) is 67.0 Å². The maximum Gasteiger partial charge on any atom is 0.227 e. The lowest BCUT2D eigenvalue weighted by molar-refractivity contribution is 0.883. The largest absolute Gasteiger partial charge is 0.324 e. The normalized spacial score (nSPS) is 10.8. The van der Waals surface area contributed by atoms with Crippen LogP contribution < -0.4 is 5.32 Å². The van der Waals surface area contributed by atoms with E-state index >= 15 is 0 Å². The predicted molar refractivity (Wildman–Crippen MR) is 109 cm³/mol. The van der Waals surface area contributed by atoms with Crippen molar-refractivity contribution in [2.24, 2.45) is 0 Å². The fraction of sp³-hybridized carbons (Fsp3) is 0.0952. The molecule has 0 saturated heterocycles. The Labute approximate surface area is 162 Å². The average molecular weight is 376 g/mol. The molecule has 27 heavy (non-hydrogen) atoms. The molecule has 134 valence electrons. The number of rotatable bonds is 4. The van der Waals surface area contributed by atoms with E-state index in [4.69, 9.17) is 11.6 Å². The van der Waals surface area contributed by atoms with Crippen molar-refractivity contribution in [3.63, 3.8) is 0 Å². The van der Waals surface area contributed by atoms with Crippen LogP contribution >= 0.6 is 11.6 Å². The van der Waals surface area contributed by atoms with E-state index in [1.807, 2.05) is 41.1 Å². The Balaban J connectivity index is 1.67. The van der Waals surface area contributed by atoms with E-state index < -0.39 is 0 Å². The Morgan fingerprint density at radius 2 is 1.63 bits per heavy atom. The predicted octanol–water partition coefficient (Wildman–Crippen LogP) is 5.34. The van der Waals surface area contributed by atoms with Gasteiger partial charge >= 0.3 is 0 Å². The molecule has 2 aromatic carbocycles. The van der Waals surface area contributed by atoms with E-state index in [0.717, 1.165) is 22.8 Å². The molecule has 5 nitrogen and oxygen atoms in total. The van der Waals surface area contributed by atoms with Gasteiger partial charge in [-0.2, -0.15) is 5.10 Å². The summed E-state index contributed by atoms with van der Waals surface area (Å²) >= 11 is 5.99. The highest BCUT2D eigenvalue weighted by Gasteiger charge is 2.10. The van der Waals surface area contributed by atoms with Gasteiger partial charge in [-0.25, -0.2) is 14.6 Å². The highest BCUT2D eigenvalue weighted by Crippen LogP contribution is 2.23. The van der Waals surface area contributed by atoms with Gasteiger partial charge in [-0.1, -0.05) is 17.7 Å². The summed E-state index contributed by atoms with van der Waals surface area (Å²) in [5.41, 5.74) is 5.93. The molecule has 0 radical (unpaired) electrons. The first-order valence-corrected chi connectivity index (χ1v) is 8.95. The van der Waals surface area contributed by atoms with Crippen LogP contribution in [0.1, 0.15) is 11.1 Å². The van der Waals surface area contributed by atoms with Gasteiger partial charge in [-0.3, -0.25) is 0 Å². The molecule has 0 atom stereocenters. The van der Waals surface area contributed by atoms with Crippen molar-refractivity contribution < 1.29 is 0 Å². The molecule has 2 aromatic heterocycles. The smallest absolute Gasteiger partial charge is 0.227 e. The molecular formula is C21H18ClN5. The molecule has 0 aliphatic carbocycles. The van der Waals surface area contributed by atoms with Gasteiger partial charge in [0.25, 0.3) is 0 Å². The van der Waals surface area contributed by atoms with Crippen molar-refractivity contribution in [1.82, 2.24) is 19.7 Å². The van der Waals surface area contributed by atoms with Crippen molar-refractivity contribution in [2.75, 3.05) is 5.32 Å². The molecule has 0 unspecified atom stereocenters. The van der Waals surface area contributed by atoms with E-state index in [1.54, 1.807) is 12.4 Å². The zero-order chi connectivity index (χ0) is 18.8. The first-order valence-electron chi connectivity index (χ1n) is 8.57. The minimum absolute atomic E-state index is 0.543. The van der Waals surface area contributed by atoms with Gasteiger partial charge in [0.2, 0.25) is 5.95 Å². The SMILES string of the molecule is Cc1cc(C)cc(Nc2nccc(-c3ccnn3-c3ccc(Cl)cc3)n2)c1. The van der Waals surface area contributed by atoms with Gasteiger partial charge in [0.1, 0.15) is 0 Å². The van der Waals surface area contributed by atoms with Gasteiger partial charge in [0.05, 0.1) is 23.3 Å². The third-order valence-corrected chi connectivity index (χ3v) is 4.36. The molecule has 0 amide bonds. The second-order valence-electron chi connectivity index (χ2n) is 6.37. The summed E-state index contributed by atoms with van der Waals surface area (Å²) in [6.45, 7) is 4.14. The van der Waals surface area contributed by atoms with Crippen molar-refractivity contribution in [3.05, 3.63) is 83.1 Å². The maximum atomic E-state index is 5.99. The molecule has 6 heteroatoms. The highest BCUT2D eigenvalue weighted by atomic mass is 35.5. The first-order chi connectivity index (χ1) is 13.1. The molecule has 4 aromatic rings. The van der Waals surface area contributed by atoms with Crippen LogP contribution in [0.3, 0.4) is 0 Å². The number of benzene rings is 2. The summed E-state index contributed by atoms with van der Waals surface area (Å²) in [7, 11) is 0. The van der Waals surface area contributed by atoms with E-state index in [1.165, 1.54) is 11.1 Å². The van der Waals surface area contributed by atoms with Crippen molar-refractivity contribution in [3.8, 4) is 17.1 Å². The van der Waals surface area contributed by atoms with E-state index in [9.17, 15) is 0 Å². The van der Waals surface area contributed by atoms with Gasteiger partial charge < -0.3 is 5.32 Å². The summed E-state index contributed by atoms with van der Waals surface area (Å²) < 4.78 is 1.83. The molecule has 2 heterocycles. The number of anilines is 2. The number of nitrogens with one attached hydrogen (secondary N) is 1. The van der Waals surface area contributed by atoms with Gasteiger partial charge in [0.15, 0.2) is 0 Å². The van der Waals surface area contributed by atoms with Crippen LogP contribution in [0.5, 0.6) is 0 Å². The van der Waals surface area contributed by atoms with Gasteiger partial charge in [-0.05, 0) is 73.5 Å². The zero-order valence-electron chi connectivity index (χ0n) is 15.0. The summed E-state index contributed by atoms with van der Waals surface area (Å²) in [4.78, 5) is 9.01. The molecule has 0 aliphatic rings. The summed E-state index contributed by atoms with van der Waals surface area (Å²) in [5, 5.41) is 8.40. The number of nitrogens with zero attached hydrogens (tertiary/aromatic N) is 4. The van der Waals surface area contributed by atoms with Crippen molar-refractivity contribution in [1.29, 1.82) is 0 Å². The summed E-state index contributed by atoms with van der Waals surface area (Å²) in [6.07, 6.45) is 3.50. The van der Waals surface area contributed by atoms with E-state index in [0.29, 0.717) is 11.0 Å². The molecular weight excluding hydrogens is 358 g/mol. The molecule has 0 saturated carbocycles. The second-order valence-corrected chi connectivity index (χ2v) is 6.81. The van der Waals surface area contributed by atoms with Crippen molar-refractivity contribution >= 4 is 23.2 Å². The topological polar surface area (TPSA) is 55.6 Å². The number of aromatic nitrogens is 4. The maximum absolute atomic E-state index is 5.99. The average Bonchev–Trinajstić information content (AvgIpc) is 3.11. The quantitative estimate of drug-likeness (QED) is 0.522. The van der Waals surface area contributed by atoms with Crippen LogP contribution in [0.2, 0.25) is 5.02 Å². The zero-order valence-corrected chi connectivity index (χ0v) is 15.8. The van der Waals surface area contributed by atoms with Crippen LogP contribution in [-0.2, 0) is 0 Å². The Bertz CT molecular complexity index is 1070. The van der Waals surface area contributed by atoms with Crippen LogP contribution in [-0.4, -0.2) is 19.7 Å². The van der Waals surface area contributed by atoms with E-state index in [2.05, 4.69) is 52.4 Å². The molecule has 0 bridgehead atoms. The van der Waals surface area contributed by atoms with Crippen molar-refractivity contribution in [2.45, 2.75) is 13.8 Å². The molecule has 0 aliphatic heterocycles. The van der Waals surface area contributed by atoms with Crippen LogP contribution in [0, 0.1) is 13.8 Å². The minimum Gasteiger partial charge on any atom is -0.324 e. The standard InChI is InChI=1S/C21H18ClN5/c1-14-11-15(2)13-17(12-14)25-21-23-9-7-19(26-21)20-8-10-24-27(20)18-5-3-16(22)4-6-18/h3-13H,1-2H3,(H,23,25,26). The third-order valence-electron chi connectivity index (χ3n) is 4.11. The number of hydrogen-bond acceptors (Lipinski definition) is 4. The highest BCUT2D eigenvalue weighted by molar-refractivity contribution is 6.30. The molecule has 0 fully saturated rings. The lowest BCUT2D eigenvalue weighted by Crippen LogP contribution is -2.02. The number of halogens is 1. The molecule has 4 rings (SSSR count).